The molecule has 1 rings (SSSR count). The molecule has 0 saturated heterocycles. The summed E-state index contributed by atoms with van der Waals surface area (Å²) in [5.74, 6) is 0.0807. The molecular weight excluding hydrogens is 222 g/mol. The predicted octanol–water partition coefficient (Wildman–Crippen LogP) is 1.87. The monoisotopic (exact) mass is 239 g/mol. The highest BCUT2D eigenvalue weighted by Gasteiger charge is 2.20. The summed E-state index contributed by atoms with van der Waals surface area (Å²) in [6.07, 6.45) is 0. The third kappa shape index (κ3) is 3.09. The number of carboxylic acids is 1. The molecule has 0 bridgehead atoms. The fraction of sp³-hybridized carbons (Fsp3) is 0.500. The van der Waals surface area contributed by atoms with Crippen LogP contribution < -0.4 is 0 Å². The summed E-state index contributed by atoms with van der Waals surface area (Å²) in [5, 5.41) is 8.63. The molecule has 0 saturated carbocycles. The average molecular weight is 239 g/mol. The van der Waals surface area contributed by atoms with Crippen molar-refractivity contribution in [3.63, 3.8) is 0 Å². The molecule has 0 spiro atoms. The van der Waals surface area contributed by atoms with Crippen LogP contribution in [0.1, 0.15) is 41.6 Å². The van der Waals surface area contributed by atoms with Gasteiger partial charge in [0.15, 0.2) is 0 Å². The number of hydrogen-bond acceptors (Lipinski definition) is 3. The van der Waals surface area contributed by atoms with Gasteiger partial charge in [-0.2, -0.15) is 0 Å². The van der Waals surface area contributed by atoms with Gasteiger partial charge in [0.2, 0.25) is 0 Å². The van der Waals surface area contributed by atoms with Gasteiger partial charge < -0.3 is 14.4 Å². The van der Waals surface area contributed by atoms with Crippen molar-refractivity contribution in [2.45, 2.75) is 26.7 Å². The first kappa shape index (κ1) is 13.3. The first-order chi connectivity index (χ1) is 7.82. The Kier molecular flexibility index (Phi) is 3.93. The molecule has 1 amide bonds. The molecule has 0 fully saturated rings. The molecule has 1 N–H and O–H groups in total. The molecule has 1 aromatic heterocycles. The molecule has 0 aliphatic heterocycles. The van der Waals surface area contributed by atoms with Crippen LogP contribution in [-0.4, -0.2) is 35.5 Å². The Morgan fingerprint density at radius 1 is 1.47 bits per heavy atom. The van der Waals surface area contributed by atoms with Gasteiger partial charge in [0, 0.05) is 13.0 Å². The van der Waals surface area contributed by atoms with E-state index in [0.29, 0.717) is 11.3 Å². The second-order valence-corrected chi connectivity index (χ2v) is 4.33. The molecule has 0 radical (unpaired) electrons. The fourth-order valence-electron chi connectivity index (χ4n) is 1.48. The molecule has 0 aromatic carbocycles. The van der Waals surface area contributed by atoms with E-state index in [2.05, 4.69) is 0 Å². The third-order valence-electron chi connectivity index (χ3n) is 2.46. The second-order valence-electron chi connectivity index (χ2n) is 4.33. The third-order valence-corrected chi connectivity index (χ3v) is 2.46. The summed E-state index contributed by atoms with van der Waals surface area (Å²) in [7, 11) is 1.46. The molecule has 0 aliphatic carbocycles. The zero-order valence-corrected chi connectivity index (χ0v) is 10.5. The van der Waals surface area contributed by atoms with Gasteiger partial charge >= 0.3 is 5.97 Å². The topological polar surface area (TPSA) is 70.8 Å². The number of furan rings is 1. The maximum atomic E-state index is 11.9. The Bertz CT molecular complexity index is 434. The van der Waals surface area contributed by atoms with Gasteiger partial charge in [0.05, 0.1) is 5.56 Å². The van der Waals surface area contributed by atoms with Crippen LogP contribution in [0.5, 0.6) is 0 Å². The van der Waals surface area contributed by atoms with Crippen molar-refractivity contribution in [3.05, 3.63) is 23.2 Å². The lowest BCUT2D eigenvalue weighted by Gasteiger charge is -2.13. The van der Waals surface area contributed by atoms with E-state index < -0.39 is 5.97 Å². The van der Waals surface area contributed by atoms with E-state index in [1.54, 1.807) is 13.0 Å². The number of carboxylic acid groups (broad SMARTS) is 1. The quantitative estimate of drug-likeness (QED) is 0.870. The maximum Gasteiger partial charge on any atom is 0.323 e. The van der Waals surface area contributed by atoms with E-state index in [1.807, 2.05) is 13.8 Å². The summed E-state index contributed by atoms with van der Waals surface area (Å²) in [6, 6.07) is 1.68. The van der Waals surface area contributed by atoms with Crippen molar-refractivity contribution in [3.8, 4) is 0 Å². The van der Waals surface area contributed by atoms with Gasteiger partial charge in [-0.15, -0.1) is 0 Å². The van der Waals surface area contributed by atoms with Gasteiger partial charge in [-0.25, -0.2) is 0 Å². The Hall–Kier alpha value is -1.78. The number of likely N-dealkylation sites (N-methyl/N-ethyl adjacent to an activating group) is 1. The van der Waals surface area contributed by atoms with Gasteiger partial charge in [-0.3, -0.25) is 9.59 Å². The average Bonchev–Trinajstić information content (AvgIpc) is 2.58. The zero-order valence-electron chi connectivity index (χ0n) is 10.5. The number of nitrogens with zero attached hydrogens (tertiary/aromatic N) is 1. The SMILES string of the molecule is Cc1oc(C(C)C)cc1C(=O)N(C)CC(=O)O. The molecule has 0 atom stereocenters. The molecule has 5 heteroatoms. The summed E-state index contributed by atoms with van der Waals surface area (Å²) in [4.78, 5) is 23.6. The minimum Gasteiger partial charge on any atom is -0.480 e. The van der Waals surface area contributed by atoms with Gasteiger partial charge in [0.25, 0.3) is 5.91 Å². The van der Waals surface area contributed by atoms with E-state index in [9.17, 15) is 9.59 Å². The standard InChI is InChI=1S/C12H17NO4/c1-7(2)10-5-9(8(3)17-10)12(16)13(4)6-11(14)15/h5,7H,6H2,1-4H3,(H,14,15). The highest BCUT2D eigenvalue weighted by Crippen LogP contribution is 2.22. The van der Waals surface area contributed by atoms with Crippen LogP contribution in [0.2, 0.25) is 0 Å². The number of rotatable bonds is 4. The van der Waals surface area contributed by atoms with Crippen LogP contribution in [0, 0.1) is 6.92 Å². The lowest BCUT2D eigenvalue weighted by Crippen LogP contribution is -2.32. The number of aryl methyl sites for hydroxylation is 1. The summed E-state index contributed by atoms with van der Waals surface area (Å²) >= 11 is 0. The number of amides is 1. The molecule has 17 heavy (non-hydrogen) atoms. The van der Waals surface area contributed by atoms with Gasteiger partial charge in [-0.1, -0.05) is 13.8 Å². The summed E-state index contributed by atoms with van der Waals surface area (Å²) < 4.78 is 5.46. The van der Waals surface area contributed by atoms with Crippen LogP contribution >= 0.6 is 0 Å². The highest BCUT2D eigenvalue weighted by molar-refractivity contribution is 5.96. The minimum atomic E-state index is -1.04. The lowest BCUT2D eigenvalue weighted by molar-refractivity contribution is -0.137. The molecule has 0 unspecified atom stereocenters. The van der Waals surface area contributed by atoms with Crippen molar-refractivity contribution in [2.24, 2.45) is 0 Å². The first-order valence-corrected chi connectivity index (χ1v) is 5.40. The van der Waals surface area contributed by atoms with E-state index in [0.717, 1.165) is 10.7 Å². The van der Waals surface area contributed by atoms with Crippen molar-refractivity contribution in [1.29, 1.82) is 0 Å². The largest absolute Gasteiger partial charge is 0.480 e. The normalized spacial score (nSPS) is 10.6. The van der Waals surface area contributed by atoms with E-state index >= 15 is 0 Å². The highest BCUT2D eigenvalue weighted by atomic mass is 16.4. The Balaban J connectivity index is 2.92. The summed E-state index contributed by atoms with van der Waals surface area (Å²) in [6.45, 7) is 5.31. The molecule has 1 aromatic rings. The molecule has 0 aliphatic rings. The van der Waals surface area contributed by atoms with E-state index in [1.165, 1.54) is 7.05 Å². The fourth-order valence-corrected chi connectivity index (χ4v) is 1.48. The Morgan fingerprint density at radius 3 is 2.47 bits per heavy atom. The number of carbonyl (C=O) groups is 2. The molecule has 1 heterocycles. The van der Waals surface area contributed by atoms with Gasteiger partial charge in [-0.05, 0) is 13.0 Å². The number of carbonyl (C=O) groups excluding carboxylic acids is 1. The van der Waals surface area contributed by atoms with Crippen LogP contribution in [0.25, 0.3) is 0 Å². The minimum absolute atomic E-state index is 0.194. The molecule has 94 valence electrons. The predicted molar refractivity (Wildman–Crippen MR) is 62.1 cm³/mol. The van der Waals surface area contributed by atoms with Crippen molar-refractivity contribution < 1.29 is 19.1 Å². The number of hydrogen-bond donors (Lipinski definition) is 1. The van der Waals surface area contributed by atoms with Gasteiger partial charge in [0.1, 0.15) is 18.1 Å². The smallest absolute Gasteiger partial charge is 0.323 e. The maximum absolute atomic E-state index is 11.9. The van der Waals surface area contributed by atoms with Crippen LogP contribution in [0.15, 0.2) is 10.5 Å². The van der Waals surface area contributed by atoms with Crippen LogP contribution in [0.4, 0.5) is 0 Å². The lowest BCUT2D eigenvalue weighted by atomic mass is 10.1. The first-order valence-electron chi connectivity index (χ1n) is 5.40. The zero-order chi connectivity index (χ0) is 13.2. The van der Waals surface area contributed by atoms with E-state index in [4.69, 9.17) is 9.52 Å². The van der Waals surface area contributed by atoms with Crippen molar-refractivity contribution in [1.82, 2.24) is 4.90 Å². The van der Waals surface area contributed by atoms with Crippen LogP contribution in [-0.2, 0) is 4.79 Å². The Morgan fingerprint density at radius 2 is 2.06 bits per heavy atom. The molecule has 5 nitrogen and oxygen atoms in total. The Labute approximate surface area is 100 Å². The summed E-state index contributed by atoms with van der Waals surface area (Å²) in [5.41, 5.74) is 0.428. The number of aliphatic carboxylic acids is 1. The second kappa shape index (κ2) is 5.03. The van der Waals surface area contributed by atoms with E-state index in [-0.39, 0.29) is 18.4 Å². The molecular formula is C12H17NO4. The van der Waals surface area contributed by atoms with Crippen molar-refractivity contribution in [2.75, 3.05) is 13.6 Å². The van der Waals surface area contributed by atoms with Crippen molar-refractivity contribution >= 4 is 11.9 Å². The van der Waals surface area contributed by atoms with Crippen LogP contribution in [0.3, 0.4) is 0 Å².